The van der Waals surface area contributed by atoms with Crippen LogP contribution >= 0.6 is 23.1 Å². The summed E-state index contributed by atoms with van der Waals surface area (Å²) >= 11 is 3.19. The molecule has 0 amide bonds. The van der Waals surface area contributed by atoms with Crippen LogP contribution in [-0.2, 0) is 0 Å². The van der Waals surface area contributed by atoms with E-state index in [2.05, 4.69) is 41.7 Å². The van der Waals surface area contributed by atoms with Crippen molar-refractivity contribution in [3.8, 4) is 11.1 Å². The van der Waals surface area contributed by atoms with Gasteiger partial charge < -0.3 is 11.1 Å². The molecule has 0 aliphatic rings. The smallest absolute Gasteiger partial charge is 0.133 e. The van der Waals surface area contributed by atoms with Crippen molar-refractivity contribution in [2.24, 2.45) is 5.73 Å². The summed E-state index contributed by atoms with van der Waals surface area (Å²) in [5, 5.41) is 11.0. The first-order valence-electron chi connectivity index (χ1n) is 7.12. The molecule has 0 aliphatic carbocycles. The molecule has 0 radical (unpaired) electrons. The molecule has 0 atom stereocenters. The summed E-state index contributed by atoms with van der Waals surface area (Å²) < 4.78 is 1.13. The van der Waals surface area contributed by atoms with Gasteiger partial charge >= 0.3 is 0 Å². The van der Waals surface area contributed by atoms with Crippen LogP contribution in [0.3, 0.4) is 0 Å². The molecule has 1 aromatic heterocycles. The molecule has 0 fully saturated rings. The lowest BCUT2D eigenvalue weighted by Crippen LogP contribution is -2.08. The highest BCUT2D eigenvalue weighted by atomic mass is 32.2. The average molecular weight is 339 g/mol. The van der Waals surface area contributed by atoms with Gasteiger partial charge in [0.25, 0.3) is 0 Å². The van der Waals surface area contributed by atoms with E-state index in [0.717, 1.165) is 20.5 Å². The Balaban J connectivity index is 1.82. The number of hydrogen-bond acceptors (Lipinski definition) is 4. The normalized spacial score (nSPS) is 10.5. The van der Waals surface area contributed by atoms with E-state index in [4.69, 9.17) is 11.1 Å². The average Bonchev–Trinajstić information content (AvgIpc) is 2.99. The van der Waals surface area contributed by atoms with Crippen LogP contribution in [0.25, 0.3) is 11.1 Å². The second-order valence-electron chi connectivity index (χ2n) is 5.00. The summed E-state index contributed by atoms with van der Waals surface area (Å²) in [5.74, 6) is 0.109. The molecule has 4 N–H and O–H groups in total. The first-order valence-corrected chi connectivity index (χ1v) is 9.16. The van der Waals surface area contributed by atoms with E-state index >= 15 is 0 Å². The van der Waals surface area contributed by atoms with Crippen LogP contribution in [0, 0.1) is 5.41 Å². The van der Waals surface area contributed by atoms with Gasteiger partial charge in [0.2, 0.25) is 0 Å². The Labute approximate surface area is 144 Å². The lowest BCUT2D eigenvalue weighted by molar-refractivity contribution is 1.45. The van der Waals surface area contributed by atoms with Gasteiger partial charge in [-0.05, 0) is 35.6 Å². The highest BCUT2D eigenvalue weighted by molar-refractivity contribution is 8.00. The second kappa shape index (κ2) is 6.89. The molecule has 116 valence electrons. The van der Waals surface area contributed by atoms with Crippen LogP contribution in [0.15, 0.2) is 64.9 Å². The zero-order valence-corrected chi connectivity index (χ0v) is 14.3. The van der Waals surface area contributed by atoms with E-state index in [1.165, 1.54) is 22.5 Å². The van der Waals surface area contributed by atoms with Crippen molar-refractivity contribution >= 4 is 40.3 Å². The number of amidine groups is 1. The molecule has 0 aliphatic heterocycles. The summed E-state index contributed by atoms with van der Waals surface area (Å²) in [5.41, 5.74) is 10.0. The number of anilines is 2. The highest BCUT2D eigenvalue weighted by Crippen LogP contribution is 2.36. The fraction of sp³-hybridized carbons (Fsp3) is 0.0556. The maximum atomic E-state index is 7.57. The number of nitrogen functional groups attached to an aromatic ring is 1. The van der Waals surface area contributed by atoms with Crippen LogP contribution < -0.4 is 11.1 Å². The second-order valence-corrected chi connectivity index (χ2v) is 7.13. The van der Waals surface area contributed by atoms with Crippen molar-refractivity contribution < 1.29 is 0 Å². The first-order chi connectivity index (χ1) is 11.2. The van der Waals surface area contributed by atoms with Gasteiger partial charge in [-0.15, -0.1) is 23.1 Å². The molecule has 3 nitrogen and oxygen atoms in total. The third-order valence-electron chi connectivity index (χ3n) is 3.42. The third kappa shape index (κ3) is 3.57. The van der Waals surface area contributed by atoms with Gasteiger partial charge in [-0.2, -0.15) is 0 Å². The summed E-state index contributed by atoms with van der Waals surface area (Å²) in [6, 6.07) is 20.6. The van der Waals surface area contributed by atoms with Crippen molar-refractivity contribution in [1.82, 2.24) is 0 Å². The van der Waals surface area contributed by atoms with Gasteiger partial charge in [0.1, 0.15) is 5.84 Å². The maximum Gasteiger partial charge on any atom is 0.133 e. The van der Waals surface area contributed by atoms with Crippen molar-refractivity contribution in [3.05, 3.63) is 65.5 Å². The van der Waals surface area contributed by atoms with Gasteiger partial charge in [0.05, 0.1) is 14.8 Å². The van der Waals surface area contributed by atoms with Gasteiger partial charge in [0, 0.05) is 5.69 Å². The molecule has 0 saturated heterocycles. The summed E-state index contributed by atoms with van der Waals surface area (Å²) in [7, 11) is 0. The van der Waals surface area contributed by atoms with E-state index in [-0.39, 0.29) is 5.84 Å². The molecule has 1 heterocycles. The zero-order valence-electron chi connectivity index (χ0n) is 12.7. The number of nitrogens with one attached hydrogen (secondary N) is 2. The fourth-order valence-electron chi connectivity index (χ4n) is 2.28. The third-order valence-corrected chi connectivity index (χ3v) is 5.72. The molecule has 5 heteroatoms. The number of hydrogen-bond donors (Lipinski definition) is 3. The Hall–Kier alpha value is -2.24. The highest BCUT2D eigenvalue weighted by Gasteiger charge is 2.10. The molecule has 0 saturated carbocycles. The molecule has 3 aromatic rings. The predicted octanol–water partition coefficient (Wildman–Crippen LogP) is 5.16. The van der Waals surface area contributed by atoms with E-state index in [1.807, 2.05) is 30.5 Å². The quantitative estimate of drug-likeness (QED) is 0.341. The van der Waals surface area contributed by atoms with E-state index in [9.17, 15) is 0 Å². The maximum absolute atomic E-state index is 7.57. The minimum absolute atomic E-state index is 0.109. The number of nitrogens with two attached hydrogens (primary N) is 1. The molecule has 0 bridgehead atoms. The minimum atomic E-state index is 0.109. The lowest BCUT2D eigenvalue weighted by Gasteiger charge is -2.08. The Kier molecular flexibility index (Phi) is 4.69. The van der Waals surface area contributed by atoms with Gasteiger partial charge in [-0.1, -0.05) is 42.5 Å². The van der Waals surface area contributed by atoms with Crippen LogP contribution in [0.2, 0.25) is 0 Å². The Bertz CT molecular complexity index is 808. The molecule has 23 heavy (non-hydrogen) atoms. The zero-order chi connectivity index (χ0) is 16.2. The number of thioether (sulfide) groups is 1. The predicted molar refractivity (Wildman–Crippen MR) is 102 cm³/mol. The number of rotatable bonds is 5. The van der Waals surface area contributed by atoms with Crippen LogP contribution in [-0.4, -0.2) is 12.1 Å². The summed E-state index contributed by atoms with van der Waals surface area (Å²) in [6.07, 6.45) is 2.03. The lowest BCUT2D eigenvalue weighted by atomic mass is 10.1. The molecule has 0 unspecified atom stereocenters. The van der Waals surface area contributed by atoms with Crippen LogP contribution in [0.5, 0.6) is 0 Å². The molecule has 0 spiro atoms. The minimum Gasteiger partial charge on any atom is -0.383 e. The van der Waals surface area contributed by atoms with Crippen molar-refractivity contribution in [2.45, 2.75) is 4.21 Å². The standard InChI is InChI=1S/C18H17N3S2/c1-22-18-15(11-16(23-18)17(19)20)21-14-9-7-13(8-10-14)12-5-3-2-4-6-12/h2-11,21H,1H3,(H3,19,20). The summed E-state index contributed by atoms with van der Waals surface area (Å²) in [6.45, 7) is 0. The monoisotopic (exact) mass is 339 g/mol. The van der Waals surface area contributed by atoms with Gasteiger partial charge in [-0.3, -0.25) is 5.41 Å². The van der Waals surface area contributed by atoms with E-state index in [0.29, 0.717) is 0 Å². The Morgan fingerprint density at radius 1 is 1.04 bits per heavy atom. The largest absolute Gasteiger partial charge is 0.383 e. The SMILES string of the molecule is CSc1sc(C(=N)N)cc1Nc1ccc(-c2ccccc2)cc1. The number of thiophene rings is 1. The number of benzene rings is 2. The summed E-state index contributed by atoms with van der Waals surface area (Å²) in [4.78, 5) is 0.790. The van der Waals surface area contributed by atoms with Crippen LogP contribution in [0.1, 0.15) is 4.88 Å². The molecule has 2 aromatic carbocycles. The fourth-order valence-corrected chi connectivity index (χ4v) is 3.92. The Morgan fingerprint density at radius 3 is 2.30 bits per heavy atom. The van der Waals surface area contributed by atoms with E-state index < -0.39 is 0 Å². The molecular weight excluding hydrogens is 322 g/mol. The molecule has 3 rings (SSSR count). The topological polar surface area (TPSA) is 61.9 Å². The van der Waals surface area contributed by atoms with Crippen molar-refractivity contribution in [1.29, 1.82) is 5.41 Å². The Morgan fingerprint density at radius 2 is 1.70 bits per heavy atom. The van der Waals surface area contributed by atoms with Crippen LogP contribution in [0.4, 0.5) is 11.4 Å². The van der Waals surface area contributed by atoms with Crippen molar-refractivity contribution in [3.63, 3.8) is 0 Å². The molecular formula is C18H17N3S2. The van der Waals surface area contributed by atoms with E-state index in [1.54, 1.807) is 11.8 Å². The van der Waals surface area contributed by atoms with Gasteiger partial charge in [-0.25, -0.2) is 0 Å². The van der Waals surface area contributed by atoms with Gasteiger partial charge in [0.15, 0.2) is 0 Å². The van der Waals surface area contributed by atoms with Crippen molar-refractivity contribution in [2.75, 3.05) is 11.6 Å². The first kappa shape index (κ1) is 15.6.